The van der Waals surface area contributed by atoms with Gasteiger partial charge in [-0.05, 0) is 36.1 Å². The number of hydrogen-bond donors (Lipinski definition) is 1. The summed E-state index contributed by atoms with van der Waals surface area (Å²) in [6.07, 6.45) is 1.25. The minimum atomic E-state index is -0.420. The molecule has 0 spiro atoms. The Morgan fingerprint density at radius 2 is 2.03 bits per heavy atom. The summed E-state index contributed by atoms with van der Waals surface area (Å²) in [5.74, 6) is 1.08. The number of hydrogen-bond acceptors (Lipinski definition) is 5. The summed E-state index contributed by atoms with van der Waals surface area (Å²) < 4.78 is 6.48. The van der Waals surface area contributed by atoms with Crippen LogP contribution in [0.15, 0.2) is 51.3 Å². The number of carbonyl (C=O) groups excluding carboxylic acids is 2. The van der Waals surface area contributed by atoms with E-state index in [1.165, 1.54) is 0 Å². The number of thioether (sulfide) groups is 1. The second-order valence-electron chi connectivity index (χ2n) is 8.28. The predicted molar refractivity (Wildman–Crippen MR) is 122 cm³/mol. The predicted octanol–water partition coefficient (Wildman–Crippen LogP) is 5.35. The molecule has 1 aliphatic carbocycles. The molecule has 1 aromatic rings. The molecule has 1 heterocycles. The molecule has 1 N–H and O–H groups in total. The van der Waals surface area contributed by atoms with Gasteiger partial charge in [-0.3, -0.25) is 4.79 Å². The van der Waals surface area contributed by atoms with Crippen LogP contribution in [0.4, 0.5) is 0 Å². The average molecular weight is 478 g/mol. The number of carbonyl (C=O) groups is 2. The largest absolute Gasteiger partial charge is 0.461 e. The molecule has 0 saturated carbocycles. The minimum absolute atomic E-state index is 0.100. The van der Waals surface area contributed by atoms with Gasteiger partial charge in [0.25, 0.3) is 0 Å². The second kappa shape index (κ2) is 9.09. The number of rotatable bonds is 6. The summed E-state index contributed by atoms with van der Waals surface area (Å²) in [6.45, 7) is 8.56. The third-order valence-corrected chi connectivity index (χ3v) is 6.93. The third-order valence-electron chi connectivity index (χ3n) is 5.34. The summed E-state index contributed by atoms with van der Waals surface area (Å²) in [5, 5.41) is 3.37. The van der Waals surface area contributed by atoms with Crippen LogP contribution in [-0.2, 0) is 14.3 Å². The maximum absolute atomic E-state index is 13.2. The Morgan fingerprint density at radius 1 is 1.31 bits per heavy atom. The first-order valence-electron chi connectivity index (χ1n) is 9.98. The SMILES string of the molecule is CCSCCOC(=O)C1=C(C)NC2=C(C(=O)CC(C)(C)C2)[C@H]1c1ccccc1Br. The third kappa shape index (κ3) is 4.80. The monoisotopic (exact) mass is 477 g/mol. The number of esters is 1. The van der Waals surface area contributed by atoms with Crippen LogP contribution >= 0.6 is 27.7 Å². The molecule has 1 atom stereocenters. The van der Waals surface area contributed by atoms with Crippen molar-refractivity contribution in [3.63, 3.8) is 0 Å². The van der Waals surface area contributed by atoms with Crippen LogP contribution in [0.2, 0.25) is 0 Å². The van der Waals surface area contributed by atoms with E-state index in [9.17, 15) is 9.59 Å². The van der Waals surface area contributed by atoms with Gasteiger partial charge in [-0.1, -0.05) is 54.9 Å². The lowest BCUT2D eigenvalue weighted by Crippen LogP contribution is -2.38. The van der Waals surface area contributed by atoms with E-state index in [0.29, 0.717) is 24.2 Å². The fourth-order valence-corrected chi connectivity index (χ4v) is 5.15. The molecular weight excluding hydrogens is 450 g/mol. The zero-order valence-corrected chi connectivity index (χ0v) is 19.8. The molecule has 0 unspecified atom stereocenters. The lowest BCUT2D eigenvalue weighted by Gasteiger charge is -2.39. The number of dihydropyridines is 1. The molecule has 29 heavy (non-hydrogen) atoms. The van der Waals surface area contributed by atoms with E-state index in [4.69, 9.17) is 4.74 Å². The summed E-state index contributed by atoms with van der Waals surface area (Å²) >= 11 is 5.36. The maximum Gasteiger partial charge on any atom is 0.336 e. The van der Waals surface area contributed by atoms with Crippen molar-refractivity contribution < 1.29 is 14.3 Å². The van der Waals surface area contributed by atoms with Gasteiger partial charge in [-0.15, -0.1) is 0 Å². The first-order chi connectivity index (χ1) is 13.7. The standard InChI is InChI=1S/C23H28BrNO3S/c1-5-29-11-10-28-22(27)19-14(2)25-17-12-23(3,4)13-18(26)21(17)20(19)15-8-6-7-9-16(15)24/h6-9,20,25H,5,10-13H2,1-4H3/t20-/m0/s1. The number of Topliss-reactive ketones (excluding diaryl/α,β-unsaturated/α-hetero) is 1. The molecule has 0 fully saturated rings. The van der Waals surface area contributed by atoms with E-state index in [1.807, 2.05) is 31.2 Å². The van der Waals surface area contributed by atoms with Crippen molar-refractivity contribution in [2.45, 2.75) is 46.5 Å². The van der Waals surface area contributed by atoms with E-state index < -0.39 is 5.92 Å². The van der Waals surface area contributed by atoms with Gasteiger partial charge < -0.3 is 10.1 Å². The molecule has 2 aliphatic rings. The van der Waals surface area contributed by atoms with Crippen molar-refractivity contribution in [2.75, 3.05) is 18.1 Å². The number of halogens is 1. The maximum atomic E-state index is 13.2. The molecule has 0 aromatic heterocycles. The first-order valence-corrected chi connectivity index (χ1v) is 11.9. The molecule has 4 nitrogen and oxygen atoms in total. The van der Waals surface area contributed by atoms with Gasteiger partial charge in [-0.25, -0.2) is 4.79 Å². The van der Waals surface area contributed by atoms with Gasteiger partial charge >= 0.3 is 5.97 Å². The van der Waals surface area contributed by atoms with E-state index >= 15 is 0 Å². The van der Waals surface area contributed by atoms with Crippen molar-refractivity contribution in [3.8, 4) is 0 Å². The number of allylic oxidation sites excluding steroid dienone is 3. The Balaban J connectivity index is 2.05. The molecule has 1 aromatic carbocycles. The Hall–Kier alpha value is -1.53. The van der Waals surface area contributed by atoms with Crippen molar-refractivity contribution in [1.29, 1.82) is 0 Å². The highest BCUT2D eigenvalue weighted by molar-refractivity contribution is 9.10. The number of ether oxygens (including phenoxy) is 1. The first kappa shape index (κ1) is 22.2. The van der Waals surface area contributed by atoms with Crippen LogP contribution in [0.5, 0.6) is 0 Å². The highest BCUT2D eigenvalue weighted by atomic mass is 79.9. The molecular formula is C23H28BrNO3S. The summed E-state index contributed by atoms with van der Waals surface area (Å²) in [4.78, 5) is 26.3. The molecule has 1 aliphatic heterocycles. The number of nitrogens with one attached hydrogen (secondary N) is 1. The van der Waals surface area contributed by atoms with Gasteiger partial charge in [0.15, 0.2) is 5.78 Å². The van der Waals surface area contributed by atoms with E-state index in [0.717, 1.165) is 39.4 Å². The van der Waals surface area contributed by atoms with Gasteiger partial charge in [0.05, 0.1) is 5.57 Å². The van der Waals surface area contributed by atoms with Gasteiger partial charge in [0, 0.05) is 39.5 Å². The number of ketones is 1. The highest BCUT2D eigenvalue weighted by Crippen LogP contribution is 2.48. The highest BCUT2D eigenvalue weighted by Gasteiger charge is 2.43. The zero-order chi connectivity index (χ0) is 21.2. The van der Waals surface area contributed by atoms with E-state index in [1.54, 1.807) is 11.8 Å². The molecule has 0 amide bonds. The Labute approximate surface area is 185 Å². The quantitative estimate of drug-likeness (QED) is 0.441. The topological polar surface area (TPSA) is 55.4 Å². The summed E-state index contributed by atoms with van der Waals surface area (Å²) in [5.41, 5.74) is 3.76. The van der Waals surface area contributed by atoms with Crippen LogP contribution in [-0.4, -0.2) is 29.9 Å². The van der Waals surface area contributed by atoms with E-state index in [2.05, 4.69) is 42.0 Å². The minimum Gasteiger partial charge on any atom is -0.461 e. The zero-order valence-electron chi connectivity index (χ0n) is 17.4. The lowest BCUT2D eigenvalue weighted by atomic mass is 9.68. The lowest BCUT2D eigenvalue weighted by molar-refractivity contribution is -0.138. The fraction of sp³-hybridized carbons (Fsp3) is 0.478. The summed E-state index contributed by atoms with van der Waals surface area (Å²) in [6, 6.07) is 7.80. The van der Waals surface area contributed by atoms with Gasteiger partial charge in [-0.2, -0.15) is 11.8 Å². The molecule has 0 saturated heterocycles. The fourth-order valence-electron chi connectivity index (χ4n) is 4.14. The van der Waals surface area contributed by atoms with Crippen molar-refractivity contribution in [2.24, 2.45) is 5.41 Å². The molecule has 6 heteroatoms. The summed E-state index contributed by atoms with van der Waals surface area (Å²) in [7, 11) is 0. The van der Waals surface area contributed by atoms with Crippen molar-refractivity contribution in [3.05, 3.63) is 56.8 Å². The molecule has 156 valence electrons. The average Bonchev–Trinajstić information content (AvgIpc) is 2.63. The Morgan fingerprint density at radius 3 is 2.72 bits per heavy atom. The van der Waals surface area contributed by atoms with Crippen molar-refractivity contribution in [1.82, 2.24) is 5.32 Å². The Kier molecular flexibility index (Phi) is 6.94. The van der Waals surface area contributed by atoms with Gasteiger partial charge in [0.1, 0.15) is 6.61 Å². The van der Waals surface area contributed by atoms with Crippen LogP contribution < -0.4 is 5.32 Å². The van der Waals surface area contributed by atoms with Gasteiger partial charge in [0.2, 0.25) is 0 Å². The van der Waals surface area contributed by atoms with Crippen LogP contribution in [0, 0.1) is 5.41 Å². The normalized spacial score (nSPS) is 21.0. The van der Waals surface area contributed by atoms with Crippen LogP contribution in [0.25, 0.3) is 0 Å². The second-order valence-corrected chi connectivity index (χ2v) is 10.5. The smallest absolute Gasteiger partial charge is 0.336 e. The molecule has 0 radical (unpaired) electrons. The number of benzene rings is 1. The Bertz CT molecular complexity index is 888. The van der Waals surface area contributed by atoms with Crippen LogP contribution in [0.1, 0.15) is 52.0 Å². The van der Waals surface area contributed by atoms with Crippen molar-refractivity contribution >= 4 is 39.4 Å². The molecule has 0 bridgehead atoms. The van der Waals surface area contributed by atoms with Crippen LogP contribution in [0.3, 0.4) is 0 Å². The van der Waals surface area contributed by atoms with E-state index in [-0.39, 0.29) is 17.2 Å². The molecule has 3 rings (SSSR count).